The average molecular weight is 330 g/mol. The van der Waals surface area contributed by atoms with E-state index < -0.39 is 0 Å². The molecular formula is C15H8Cl3FO. The Balaban J connectivity index is 2.24. The van der Waals surface area contributed by atoms with Gasteiger partial charge in [-0.1, -0.05) is 53.0 Å². The van der Waals surface area contributed by atoms with Gasteiger partial charge in [0.25, 0.3) is 0 Å². The Bertz CT molecular complexity index is 678. The summed E-state index contributed by atoms with van der Waals surface area (Å²) in [7, 11) is 0. The zero-order valence-corrected chi connectivity index (χ0v) is 12.3. The molecule has 0 bridgehead atoms. The lowest BCUT2D eigenvalue weighted by atomic mass is 10.1. The molecule has 1 nitrogen and oxygen atoms in total. The van der Waals surface area contributed by atoms with Gasteiger partial charge in [0, 0.05) is 5.56 Å². The molecule has 5 heteroatoms. The van der Waals surface area contributed by atoms with Crippen molar-refractivity contribution in [3.05, 3.63) is 74.5 Å². The Morgan fingerprint density at radius 2 is 1.60 bits per heavy atom. The molecule has 0 amide bonds. The highest BCUT2D eigenvalue weighted by atomic mass is 35.5. The van der Waals surface area contributed by atoms with Gasteiger partial charge in [-0.25, -0.2) is 4.39 Å². The number of allylic oxidation sites excluding steroid dienone is 1. The van der Waals surface area contributed by atoms with Gasteiger partial charge in [0.2, 0.25) is 0 Å². The predicted molar refractivity (Wildman–Crippen MR) is 81.2 cm³/mol. The zero-order chi connectivity index (χ0) is 14.7. The normalized spacial score (nSPS) is 11.0. The molecule has 0 atom stereocenters. The van der Waals surface area contributed by atoms with Crippen molar-refractivity contribution in [2.75, 3.05) is 0 Å². The van der Waals surface area contributed by atoms with Crippen molar-refractivity contribution in [1.29, 1.82) is 0 Å². The molecular weight excluding hydrogens is 322 g/mol. The third kappa shape index (κ3) is 3.40. The first-order valence-corrected chi connectivity index (χ1v) is 6.74. The highest BCUT2D eigenvalue weighted by molar-refractivity contribution is 6.49. The number of hydrogen-bond donors (Lipinski definition) is 0. The molecule has 0 aliphatic carbocycles. The molecule has 0 aliphatic heterocycles. The fourth-order valence-electron chi connectivity index (χ4n) is 1.55. The van der Waals surface area contributed by atoms with Crippen LogP contribution in [0.5, 0.6) is 0 Å². The summed E-state index contributed by atoms with van der Waals surface area (Å²) in [5.74, 6) is -0.640. The summed E-state index contributed by atoms with van der Waals surface area (Å²) in [6.07, 6.45) is 2.92. The molecule has 0 aromatic heterocycles. The van der Waals surface area contributed by atoms with Crippen LogP contribution in [0.4, 0.5) is 4.39 Å². The Kier molecular flexibility index (Phi) is 4.81. The monoisotopic (exact) mass is 328 g/mol. The van der Waals surface area contributed by atoms with E-state index in [9.17, 15) is 9.18 Å². The first-order valence-electron chi connectivity index (χ1n) is 5.60. The first kappa shape index (κ1) is 15.0. The topological polar surface area (TPSA) is 17.1 Å². The molecule has 20 heavy (non-hydrogen) atoms. The van der Waals surface area contributed by atoms with Crippen LogP contribution in [0.2, 0.25) is 15.1 Å². The standard InChI is InChI=1S/C15H8Cl3FO/c16-12-7-6-11(14(17)15(12)18)13(20)8-3-9-1-4-10(19)5-2-9/h1-8H/b8-3+. The largest absolute Gasteiger partial charge is 0.289 e. The maximum atomic E-state index is 12.8. The van der Waals surface area contributed by atoms with E-state index in [0.717, 1.165) is 0 Å². The van der Waals surface area contributed by atoms with E-state index in [1.807, 2.05) is 0 Å². The SMILES string of the molecule is O=C(/C=C/c1ccc(F)cc1)c1ccc(Cl)c(Cl)c1Cl. The van der Waals surface area contributed by atoms with Crippen LogP contribution in [0, 0.1) is 5.82 Å². The first-order chi connectivity index (χ1) is 9.49. The molecule has 2 aromatic carbocycles. The molecule has 0 N–H and O–H groups in total. The summed E-state index contributed by atoms with van der Waals surface area (Å²) in [6, 6.07) is 8.78. The Morgan fingerprint density at radius 3 is 2.25 bits per heavy atom. The number of carbonyl (C=O) groups is 1. The maximum absolute atomic E-state index is 12.8. The van der Waals surface area contributed by atoms with Crippen LogP contribution in [-0.4, -0.2) is 5.78 Å². The van der Waals surface area contributed by atoms with Gasteiger partial charge in [0.1, 0.15) is 5.82 Å². The fourth-order valence-corrected chi connectivity index (χ4v) is 2.18. The average Bonchev–Trinajstić information content (AvgIpc) is 2.44. The minimum absolute atomic E-state index is 0.118. The van der Waals surface area contributed by atoms with Crippen LogP contribution in [0.25, 0.3) is 6.08 Å². The molecule has 2 rings (SSSR count). The lowest BCUT2D eigenvalue weighted by Gasteiger charge is -2.03. The number of benzene rings is 2. The summed E-state index contributed by atoms with van der Waals surface area (Å²) in [4.78, 5) is 12.0. The summed E-state index contributed by atoms with van der Waals surface area (Å²) in [5.41, 5.74) is 0.968. The van der Waals surface area contributed by atoms with Crippen LogP contribution < -0.4 is 0 Å². The summed E-state index contributed by atoms with van der Waals surface area (Å²) >= 11 is 17.7. The second-order valence-corrected chi connectivity index (χ2v) is 5.14. The third-order valence-electron chi connectivity index (χ3n) is 2.60. The van der Waals surface area contributed by atoms with E-state index in [1.54, 1.807) is 18.2 Å². The van der Waals surface area contributed by atoms with Gasteiger partial charge in [0.15, 0.2) is 5.78 Å². The van der Waals surface area contributed by atoms with Crippen molar-refractivity contribution in [1.82, 2.24) is 0 Å². The highest BCUT2D eigenvalue weighted by Crippen LogP contribution is 2.33. The quantitative estimate of drug-likeness (QED) is 0.402. The number of rotatable bonds is 3. The maximum Gasteiger partial charge on any atom is 0.187 e. The summed E-state index contributed by atoms with van der Waals surface area (Å²) < 4.78 is 12.8. The van der Waals surface area contributed by atoms with Gasteiger partial charge < -0.3 is 0 Å². The Morgan fingerprint density at radius 1 is 0.950 bits per heavy atom. The molecule has 0 unspecified atom stereocenters. The second-order valence-electron chi connectivity index (χ2n) is 3.97. The number of halogens is 4. The lowest BCUT2D eigenvalue weighted by molar-refractivity contribution is 0.104. The van der Waals surface area contributed by atoms with Crippen LogP contribution in [0.1, 0.15) is 15.9 Å². The molecule has 0 aliphatic rings. The molecule has 102 valence electrons. The van der Waals surface area contributed by atoms with E-state index in [0.29, 0.717) is 5.56 Å². The van der Waals surface area contributed by atoms with Gasteiger partial charge in [-0.3, -0.25) is 4.79 Å². The Labute approximate surface area is 130 Å². The minimum atomic E-state index is -0.332. The number of carbonyl (C=O) groups excluding carboxylic acids is 1. The lowest BCUT2D eigenvalue weighted by Crippen LogP contribution is -1.96. The van der Waals surface area contributed by atoms with Crippen molar-refractivity contribution < 1.29 is 9.18 Å². The van der Waals surface area contributed by atoms with Crippen molar-refractivity contribution in [3.8, 4) is 0 Å². The van der Waals surface area contributed by atoms with E-state index in [-0.39, 0.29) is 32.2 Å². The molecule has 2 aromatic rings. The van der Waals surface area contributed by atoms with Crippen LogP contribution >= 0.6 is 34.8 Å². The van der Waals surface area contributed by atoms with Crippen molar-refractivity contribution in [3.63, 3.8) is 0 Å². The molecule has 0 fully saturated rings. The smallest absolute Gasteiger partial charge is 0.187 e. The summed E-state index contributed by atoms with van der Waals surface area (Å²) in [5, 5.41) is 0.554. The molecule has 0 spiro atoms. The van der Waals surface area contributed by atoms with Gasteiger partial charge in [0.05, 0.1) is 15.1 Å². The van der Waals surface area contributed by atoms with Crippen molar-refractivity contribution in [2.24, 2.45) is 0 Å². The zero-order valence-electron chi connectivity index (χ0n) is 10.0. The third-order valence-corrected chi connectivity index (χ3v) is 3.89. The van der Waals surface area contributed by atoms with Gasteiger partial charge in [-0.05, 0) is 35.9 Å². The molecule has 0 radical (unpaired) electrons. The number of ketones is 1. The molecule has 0 heterocycles. The van der Waals surface area contributed by atoms with Gasteiger partial charge in [-0.2, -0.15) is 0 Å². The fraction of sp³-hybridized carbons (Fsp3) is 0. The van der Waals surface area contributed by atoms with Crippen molar-refractivity contribution in [2.45, 2.75) is 0 Å². The minimum Gasteiger partial charge on any atom is -0.289 e. The molecule has 0 saturated carbocycles. The van der Waals surface area contributed by atoms with E-state index >= 15 is 0 Å². The predicted octanol–water partition coefficient (Wildman–Crippen LogP) is 5.68. The highest BCUT2D eigenvalue weighted by Gasteiger charge is 2.12. The Hall–Kier alpha value is -1.35. The van der Waals surface area contributed by atoms with E-state index in [4.69, 9.17) is 34.8 Å². The van der Waals surface area contributed by atoms with Crippen LogP contribution in [0.15, 0.2) is 42.5 Å². The second kappa shape index (κ2) is 6.40. The summed E-state index contributed by atoms with van der Waals surface area (Å²) in [6.45, 7) is 0. The van der Waals surface area contributed by atoms with Gasteiger partial charge >= 0.3 is 0 Å². The van der Waals surface area contributed by atoms with Gasteiger partial charge in [-0.15, -0.1) is 0 Å². The van der Waals surface area contributed by atoms with E-state index in [2.05, 4.69) is 0 Å². The van der Waals surface area contributed by atoms with Crippen LogP contribution in [0.3, 0.4) is 0 Å². The van der Waals surface area contributed by atoms with E-state index in [1.165, 1.54) is 30.3 Å². The molecule has 0 saturated heterocycles. The van der Waals surface area contributed by atoms with Crippen molar-refractivity contribution >= 4 is 46.7 Å². The number of hydrogen-bond acceptors (Lipinski definition) is 1. The van der Waals surface area contributed by atoms with Crippen LogP contribution in [-0.2, 0) is 0 Å².